The van der Waals surface area contributed by atoms with Gasteiger partial charge in [-0.25, -0.2) is 16.8 Å². The maximum Gasteiger partial charge on any atom is 0.243 e. The molecule has 19 heavy (non-hydrogen) atoms. The maximum atomic E-state index is 12.3. The van der Waals surface area contributed by atoms with Gasteiger partial charge in [-0.2, -0.15) is 4.31 Å². The van der Waals surface area contributed by atoms with Crippen molar-refractivity contribution < 1.29 is 16.8 Å². The summed E-state index contributed by atoms with van der Waals surface area (Å²) in [6.45, 7) is 1.13. The summed E-state index contributed by atoms with van der Waals surface area (Å²) in [5, 5.41) is 0. The van der Waals surface area contributed by atoms with E-state index >= 15 is 0 Å². The second-order valence-corrected chi connectivity index (χ2v) is 7.52. The van der Waals surface area contributed by atoms with E-state index in [2.05, 4.69) is 0 Å². The summed E-state index contributed by atoms with van der Waals surface area (Å²) in [6.07, 6.45) is 2.86. The molecule has 1 aromatic carbocycles. The summed E-state index contributed by atoms with van der Waals surface area (Å²) < 4.78 is 47.4. The molecule has 1 aliphatic heterocycles. The number of sulfonamides is 1. The first-order chi connectivity index (χ1) is 9.00. The molecule has 0 bridgehead atoms. The molecule has 106 valence electrons. The van der Waals surface area contributed by atoms with E-state index in [1.165, 1.54) is 16.4 Å². The average Bonchev–Trinajstić information content (AvgIpc) is 2.40. The van der Waals surface area contributed by atoms with E-state index in [1.54, 1.807) is 12.1 Å². The zero-order valence-corrected chi connectivity index (χ0v) is 12.2. The molecule has 1 aromatic rings. The first kappa shape index (κ1) is 14.5. The summed E-state index contributed by atoms with van der Waals surface area (Å²) in [4.78, 5) is 0.235. The van der Waals surface area contributed by atoms with Gasteiger partial charge in [-0.1, -0.05) is 18.6 Å². The molecular formula is C12H17NO4S2. The van der Waals surface area contributed by atoms with Crippen molar-refractivity contribution in [2.45, 2.75) is 29.9 Å². The van der Waals surface area contributed by atoms with Gasteiger partial charge < -0.3 is 0 Å². The van der Waals surface area contributed by atoms with E-state index in [1.807, 2.05) is 0 Å². The summed E-state index contributed by atoms with van der Waals surface area (Å²) in [5.41, 5.74) is 0.605. The van der Waals surface area contributed by atoms with Crippen molar-refractivity contribution >= 4 is 20.7 Å². The minimum Gasteiger partial charge on any atom is -0.232 e. The molecule has 1 heterocycles. The minimum atomic E-state index is -3.42. The van der Waals surface area contributed by atoms with E-state index < -0.39 is 20.7 Å². The lowest BCUT2D eigenvalue weighted by Gasteiger charge is -2.25. The second-order valence-electron chi connectivity index (χ2n) is 4.60. The Morgan fingerprint density at radius 3 is 2.11 bits per heavy atom. The van der Waals surface area contributed by atoms with E-state index in [-0.39, 0.29) is 10.6 Å². The molecule has 7 heteroatoms. The van der Waals surface area contributed by atoms with Gasteiger partial charge >= 0.3 is 0 Å². The Labute approximate surface area is 115 Å². The van der Waals surface area contributed by atoms with Crippen molar-refractivity contribution in [3.63, 3.8) is 0 Å². The van der Waals surface area contributed by atoms with Crippen LogP contribution in [0, 0.1) is 0 Å². The van der Waals surface area contributed by atoms with Crippen LogP contribution < -0.4 is 0 Å². The van der Waals surface area contributed by atoms with Crippen molar-refractivity contribution in [2.24, 2.45) is 0 Å². The lowest BCUT2D eigenvalue weighted by molar-refractivity contribution is 0.346. The lowest BCUT2D eigenvalue weighted by Crippen LogP contribution is -2.35. The predicted molar refractivity (Wildman–Crippen MR) is 73.1 cm³/mol. The number of thiol groups is 1. The Kier molecular flexibility index (Phi) is 4.59. The standard InChI is InChI=1S/C12H17NO4S2/c14-18(15)10-11-4-6-12(7-5-11)19(16,17)13-8-2-1-3-9-13/h4-7,18H,1-3,8-10H2. The normalized spacial score (nSPS) is 17.7. The highest BCUT2D eigenvalue weighted by Crippen LogP contribution is 2.20. The Balaban J connectivity index is 2.20. The third kappa shape index (κ3) is 3.55. The molecule has 0 amide bonds. The molecule has 0 radical (unpaired) electrons. The molecule has 2 rings (SSSR count). The second kappa shape index (κ2) is 6.02. The molecule has 0 spiro atoms. The van der Waals surface area contributed by atoms with Crippen LogP contribution in [0.3, 0.4) is 0 Å². The number of nitrogens with zero attached hydrogens (tertiary/aromatic N) is 1. The first-order valence-electron chi connectivity index (χ1n) is 6.21. The van der Waals surface area contributed by atoms with Gasteiger partial charge in [0, 0.05) is 13.1 Å². The molecule has 5 nitrogen and oxygen atoms in total. The highest BCUT2D eigenvalue weighted by molar-refractivity contribution is 7.89. The molecule has 0 aromatic heterocycles. The van der Waals surface area contributed by atoms with E-state index in [9.17, 15) is 16.8 Å². The zero-order valence-electron chi connectivity index (χ0n) is 10.5. The molecule has 0 atom stereocenters. The average molecular weight is 303 g/mol. The molecule has 1 saturated heterocycles. The van der Waals surface area contributed by atoms with Crippen LogP contribution in [-0.4, -0.2) is 34.2 Å². The number of hydrogen-bond donors (Lipinski definition) is 1. The number of rotatable bonds is 4. The summed E-state index contributed by atoms with van der Waals surface area (Å²) in [7, 11) is -5.91. The Hall–Kier alpha value is -0.920. The fourth-order valence-corrected chi connectivity index (χ4v) is 4.20. The van der Waals surface area contributed by atoms with Crippen molar-refractivity contribution in [2.75, 3.05) is 13.1 Å². The van der Waals surface area contributed by atoms with Crippen LogP contribution >= 0.6 is 0 Å². The third-order valence-corrected chi connectivity index (χ3v) is 5.72. The molecule has 1 aliphatic rings. The van der Waals surface area contributed by atoms with Crippen LogP contribution in [0.25, 0.3) is 0 Å². The monoisotopic (exact) mass is 303 g/mol. The molecular weight excluding hydrogens is 286 g/mol. The van der Waals surface area contributed by atoms with Gasteiger partial charge in [-0.3, -0.25) is 0 Å². The van der Waals surface area contributed by atoms with Crippen LogP contribution in [0.15, 0.2) is 29.2 Å². The topological polar surface area (TPSA) is 71.5 Å². The molecule has 0 aliphatic carbocycles. The highest BCUT2D eigenvalue weighted by Gasteiger charge is 2.25. The zero-order chi connectivity index (χ0) is 13.9. The number of piperidine rings is 1. The molecule has 0 unspecified atom stereocenters. The first-order valence-corrected chi connectivity index (χ1v) is 9.01. The Morgan fingerprint density at radius 1 is 1.00 bits per heavy atom. The van der Waals surface area contributed by atoms with Crippen LogP contribution in [0.2, 0.25) is 0 Å². The summed E-state index contributed by atoms with van der Waals surface area (Å²) in [5.74, 6) is -0.0562. The van der Waals surface area contributed by atoms with E-state index in [0.717, 1.165) is 19.3 Å². The maximum absolute atomic E-state index is 12.3. The van der Waals surface area contributed by atoms with Crippen LogP contribution in [0.5, 0.6) is 0 Å². The molecule has 1 fully saturated rings. The van der Waals surface area contributed by atoms with Gasteiger partial charge in [-0.05, 0) is 30.5 Å². The Morgan fingerprint density at radius 2 is 1.58 bits per heavy atom. The highest BCUT2D eigenvalue weighted by atomic mass is 32.2. The predicted octanol–water partition coefficient (Wildman–Crippen LogP) is 0.973. The largest absolute Gasteiger partial charge is 0.243 e. The van der Waals surface area contributed by atoms with Gasteiger partial charge in [0.05, 0.1) is 10.6 Å². The third-order valence-electron chi connectivity index (χ3n) is 3.19. The van der Waals surface area contributed by atoms with Crippen molar-refractivity contribution in [1.82, 2.24) is 4.31 Å². The Bertz CT molecular complexity index is 591. The van der Waals surface area contributed by atoms with Gasteiger partial charge in [0.25, 0.3) is 0 Å². The van der Waals surface area contributed by atoms with Gasteiger partial charge in [0.1, 0.15) is 10.7 Å². The van der Waals surface area contributed by atoms with Crippen molar-refractivity contribution in [3.8, 4) is 0 Å². The fourth-order valence-electron chi connectivity index (χ4n) is 2.17. The van der Waals surface area contributed by atoms with Gasteiger partial charge in [-0.15, -0.1) is 0 Å². The molecule has 0 saturated carbocycles. The number of hydrogen-bond acceptors (Lipinski definition) is 4. The van der Waals surface area contributed by atoms with Gasteiger partial charge in [0.2, 0.25) is 10.0 Å². The molecule has 0 N–H and O–H groups in total. The minimum absolute atomic E-state index is 0.0562. The lowest BCUT2D eigenvalue weighted by atomic mass is 10.2. The van der Waals surface area contributed by atoms with Crippen molar-refractivity contribution in [3.05, 3.63) is 29.8 Å². The van der Waals surface area contributed by atoms with Gasteiger partial charge in [0.15, 0.2) is 0 Å². The van der Waals surface area contributed by atoms with E-state index in [0.29, 0.717) is 18.7 Å². The quantitative estimate of drug-likeness (QED) is 0.842. The fraction of sp³-hybridized carbons (Fsp3) is 0.500. The smallest absolute Gasteiger partial charge is 0.232 e. The van der Waals surface area contributed by atoms with Crippen LogP contribution in [0.1, 0.15) is 24.8 Å². The number of benzene rings is 1. The summed E-state index contributed by atoms with van der Waals surface area (Å²) in [6, 6.07) is 6.08. The van der Waals surface area contributed by atoms with Crippen LogP contribution in [0.4, 0.5) is 0 Å². The summed E-state index contributed by atoms with van der Waals surface area (Å²) >= 11 is 0. The van der Waals surface area contributed by atoms with Crippen molar-refractivity contribution in [1.29, 1.82) is 0 Å². The van der Waals surface area contributed by atoms with E-state index in [4.69, 9.17) is 0 Å². The SMILES string of the molecule is O=[SH](=O)Cc1ccc(S(=O)(=O)N2CCCCC2)cc1. The van der Waals surface area contributed by atoms with Crippen LogP contribution in [-0.2, 0) is 26.5 Å².